The van der Waals surface area contributed by atoms with Crippen molar-refractivity contribution in [1.29, 1.82) is 0 Å². The number of amides is 1. The maximum absolute atomic E-state index is 12.3. The van der Waals surface area contributed by atoms with E-state index >= 15 is 0 Å². The first-order valence-corrected chi connectivity index (χ1v) is 10.4. The molecule has 0 N–H and O–H groups in total. The van der Waals surface area contributed by atoms with Gasteiger partial charge in [-0.3, -0.25) is 9.59 Å². The smallest absolute Gasteiger partial charge is 0.317 e. The number of sulfone groups is 1. The van der Waals surface area contributed by atoms with Crippen LogP contribution in [0.4, 0.5) is 0 Å². The molecular formula is C16H21NO5S2. The minimum absolute atomic E-state index is 0.0280. The minimum Gasteiger partial charge on any atom is -0.452 e. The molecule has 0 aliphatic carbocycles. The Bertz CT molecular complexity index is 690. The van der Waals surface area contributed by atoms with Crippen molar-refractivity contribution in [2.75, 3.05) is 24.3 Å². The Morgan fingerprint density at radius 2 is 2.00 bits per heavy atom. The van der Waals surface area contributed by atoms with Gasteiger partial charge in [-0.1, -0.05) is 18.2 Å². The summed E-state index contributed by atoms with van der Waals surface area (Å²) in [7, 11) is -1.51. The normalized spacial score (nSPS) is 20.3. The molecule has 24 heavy (non-hydrogen) atoms. The monoisotopic (exact) mass is 371 g/mol. The van der Waals surface area contributed by atoms with Crippen molar-refractivity contribution in [1.82, 2.24) is 4.90 Å². The second-order valence-corrected chi connectivity index (χ2v) is 9.02. The number of benzene rings is 1. The number of nitrogens with zero attached hydrogens (tertiary/aromatic N) is 1. The predicted molar refractivity (Wildman–Crippen MR) is 92.5 cm³/mol. The fourth-order valence-electron chi connectivity index (χ4n) is 2.49. The van der Waals surface area contributed by atoms with Gasteiger partial charge in [-0.05, 0) is 25.5 Å². The molecule has 2 rings (SSSR count). The van der Waals surface area contributed by atoms with Crippen LogP contribution in [-0.4, -0.2) is 61.6 Å². The van der Waals surface area contributed by atoms with E-state index in [4.69, 9.17) is 4.74 Å². The zero-order valence-electron chi connectivity index (χ0n) is 13.7. The summed E-state index contributed by atoms with van der Waals surface area (Å²) < 4.78 is 28.2. The molecule has 1 amide bonds. The van der Waals surface area contributed by atoms with E-state index in [2.05, 4.69) is 0 Å². The Hall–Kier alpha value is -1.54. The molecule has 1 aliphatic heterocycles. The lowest BCUT2D eigenvalue weighted by atomic mass is 10.2. The van der Waals surface area contributed by atoms with Crippen LogP contribution < -0.4 is 0 Å². The molecule has 6 nitrogen and oxygen atoms in total. The van der Waals surface area contributed by atoms with E-state index in [1.54, 1.807) is 7.05 Å². The second kappa shape index (κ2) is 8.02. The molecule has 0 bridgehead atoms. The molecule has 1 fully saturated rings. The van der Waals surface area contributed by atoms with Gasteiger partial charge < -0.3 is 9.64 Å². The number of rotatable bonds is 6. The van der Waals surface area contributed by atoms with Crippen LogP contribution >= 0.6 is 11.8 Å². The molecule has 0 saturated carbocycles. The third-order valence-electron chi connectivity index (χ3n) is 3.86. The van der Waals surface area contributed by atoms with Crippen LogP contribution in [0.25, 0.3) is 0 Å². The van der Waals surface area contributed by atoms with E-state index in [-0.39, 0.29) is 29.2 Å². The number of carbonyl (C=O) groups is 2. The van der Waals surface area contributed by atoms with Gasteiger partial charge in [-0.25, -0.2) is 8.42 Å². The van der Waals surface area contributed by atoms with Crippen molar-refractivity contribution < 1.29 is 22.7 Å². The van der Waals surface area contributed by atoms with Gasteiger partial charge in [0.05, 0.1) is 17.3 Å². The van der Waals surface area contributed by atoms with Crippen LogP contribution in [0.15, 0.2) is 35.2 Å². The molecule has 8 heteroatoms. The third kappa shape index (κ3) is 5.24. The summed E-state index contributed by atoms with van der Waals surface area (Å²) in [5.74, 6) is -0.674. The molecule has 2 atom stereocenters. The first-order chi connectivity index (χ1) is 11.3. The van der Waals surface area contributed by atoms with Gasteiger partial charge in [0, 0.05) is 18.0 Å². The first-order valence-electron chi connectivity index (χ1n) is 7.63. The molecule has 0 spiro atoms. The third-order valence-corrected chi connectivity index (χ3v) is 6.60. The highest BCUT2D eigenvalue weighted by Crippen LogP contribution is 2.19. The molecule has 1 saturated heterocycles. The fourth-order valence-corrected chi connectivity index (χ4v) is 4.96. The summed E-state index contributed by atoms with van der Waals surface area (Å²) in [5.41, 5.74) is 0. The van der Waals surface area contributed by atoms with Crippen LogP contribution in [0.2, 0.25) is 0 Å². The molecule has 0 radical (unpaired) electrons. The highest BCUT2D eigenvalue weighted by molar-refractivity contribution is 8.00. The van der Waals surface area contributed by atoms with Crippen molar-refractivity contribution in [2.45, 2.75) is 30.4 Å². The van der Waals surface area contributed by atoms with Gasteiger partial charge in [0.15, 0.2) is 15.9 Å². The first kappa shape index (κ1) is 18.8. The number of ether oxygens (including phenoxy) is 1. The Kier molecular flexibility index (Phi) is 6.28. The Balaban J connectivity index is 1.81. The summed E-state index contributed by atoms with van der Waals surface area (Å²) >= 11 is 1.34. The lowest BCUT2D eigenvalue weighted by molar-refractivity contribution is -0.157. The van der Waals surface area contributed by atoms with Crippen molar-refractivity contribution in [3.63, 3.8) is 0 Å². The van der Waals surface area contributed by atoms with Gasteiger partial charge >= 0.3 is 5.97 Å². The van der Waals surface area contributed by atoms with E-state index in [0.717, 1.165) is 4.90 Å². The largest absolute Gasteiger partial charge is 0.452 e. The van der Waals surface area contributed by atoms with Crippen molar-refractivity contribution in [3.05, 3.63) is 30.3 Å². The van der Waals surface area contributed by atoms with Crippen molar-refractivity contribution in [3.8, 4) is 0 Å². The molecule has 0 aromatic heterocycles. The van der Waals surface area contributed by atoms with Gasteiger partial charge in [-0.2, -0.15) is 0 Å². The fraction of sp³-hybridized carbons (Fsp3) is 0.500. The molecule has 1 aliphatic rings. The molecule has 1 aromatic rings. The lowest BCUT2D eigenvalue weighted by Crippen LogP contribution is -2.44. The van der Waals surface area contributed by atoms with E-state index in [1.165, 1.54) is 23.6 Å². The summed E-state index contributed by atoms with van der Waals surface area (Å²) in [5, 5.41) is 0. The van der Waals surface area contributed by atoms with Crippen LogP contribution in [0.5, 0.6) is 0 Å². The number of thioether (sulfide) groups is 1. The number of hydrogen-bond acceptors (Lipinski definition) is 6. The molecule has 132 valence electrons. The maximum atomic E-state index is 12.3. The van der Waals surface area contributed by atoms with E-state index in [1.807, 2.05) is 30.3 Å². The van der Waals surface area contributed by atoms with E-state index in [0.29, 0.717) is 6.42 Å². The van der Waals surface area contributed by atoms with Crippen LogP contribution in [0.3, 0.4) is 0 Å². The highest BCUT2D eigenvalue weighted by Gasteiger charge is 2.34. The number of hydrogen-bond donors (Lipinski definition) is 0. The SMILES string of the molecule is C[C@H](OC(=O)CSc1ccccc1)C(=O)N(C)[C@@H]1CCS(=O)(=O)C1. The average Bonchev–Trinajstić information content (AvgIpc) is 2.92. The number of esters is 1. The quantitative estimate of drug-likeness (QED) is 0.555. The van der Waals surface area contributed by atoms with Crippen LogP contribution in [-0.2, 0) is 24.2 Å². The summed E-state index contributed by atoms with van der Waals surface area (Å²) in [6.45, 7) is 1.51. The average molecular weight is 371 g/mol. The Labute approximate surface area is 146 Å². The van der Waals surface area contributed by atoms with Crippen LogP contribution in [0.1, 0.15) is 13.3 Å². The summed E-state index contributed by atoms with van der Waals surface area (Å²) in [6, 6.07) is 9.08. The minimum atomic E-state index is -3.07. The van der Waals surface area contributed by atoms with Gasteiger partial charge in [0.1, 0.15) is 0 Å². The number of carbonyl (C=O) groups excluding carboxylic acids is 2. The molecular weight excluding hydrogens is 350 g/mol. The lowest BCUT2D eigenvalue weighted by Gasteiger charge is -2.26. The Morgan fingerprint density at radius 1 is 1.33 bits per heavy atom. The topological polar surface area (TPSA) is 80.8 Å². The summed E-state index contributed by atoms with van der Waals surface area (Å²) in [6.07, 6.45) is -0.503. The van der Waals surface area contributed by atoms with Gasteiger partial charge in [0.25, 0.3) is 5.91 Å². The predicted octanol–water partition coefficient (Wildman–Crippen LogP) is 1.36. The molecule has 0 unspecified atom stereocenters. The van der Waals surface area contributed by atoms with Gasteiger partial charge in [0.2, 0.25) is 0 Å². The van der Waals surface area contributed by atoms with Gasteiger partial charge in [-0.15, -0.1) is 11.8 Å². The Morgan fingerprint density at radius 3 is 2.58 bits per heavy atom. The zero-order valence-corrected chi connectivity index (χ0v) is 15.3. The molecule has 1 heterocycles. The summed E-state index contributed by atoms with van der Waals surface area (Å²) in [4.78, 5) is 26.5. The van der Waals surface area contributed by atoms with Crippen LogP contribution in [0, 0.1) is 0 Å². The van der Waals surface area contributed by atoms with Crippen molar-refractivity contribution in [2.24, 2.45) is 0 Å². The zero-order chi connectivity index (χ0) is 17.7. The highest BCUT2D eigenvalue weighted by atomic mass is 32.2. The number of likely N-dealkylation sites (N-methyl/N-ethyl adjacent to an activating group) is 1. The second-order valence-electron chi connectivity index (χ2n) is 5.74. The molecule has 1 aromatic carbocycles. The van der Waals surface area contributed by atoms with E-state index in [9.17, 15) is 18.0 Å². The standard InChI is InChI=1S/C16H21NO5S2/c1-12(16(19)17(2)13-8-9-24(20,21)11-13)22-15(18)10-23-14-6-4-3-5-7-14/h3-7,12-13H,8-11H2,1-2H3/t12-,13+/m0/s1. The van der Waals surface area contributed by atoms with Crippen molar-refractivity contribution >= 4 is 33.5 Å². The maximum Gasteiger partial charge on any atom is 0.317 e. The van der Waals surface area contributed by atoms with E-state index < -0.39 is 21.9 Å².